The first kappa shape index (κ1) is 15.5. The van der Waals surface area contributed by atoms with Gasteiger partial charge in [0.25, 0.3) is 5.91 Å². The van der Waals surface area contributed by atoms with Crippen LogP contribution in [0.2, 0.25) is 0 Å². The molecule has 2 N–H and O–H groups in total. The topological polar surface area (TPSA) is 58.6 Å². The molecule has 0 aliphatic carbocycles. The molecular weight excluding hydrogens is 273 g/mol. The standard InChI is InChI=1S/C16H18FNO3/c17-14-8-7-13(11-12(14)5-1-3-9-19)18-16(20)15-6-2-4-10-21-15/h7-8,11,15,19H,2-4,6,9-10H2,(H,18,20). The molecule has 1 fully saturated rings. The van der Waals surface area contributed by atoms with Crippen molar-refractivity contribution < 1.29 is 19.0 Å². The number of carbonyl (C=O) groups is 1. The molecule has 0 radical (unpaired) electrons. The lowest BCUT2D eigenvalue weighted by atomic mass is 10.1. The van der Waals surface area contributed by atoms with Crippen LogP contribution in [0.3, 0.4) is 0 Å². The van der Waals surface area contributed by atoms with Crippen LogP contribution in [0.15, 0.2) is 18.2 Å². The monoisotopic (exact) mass is 291 g/mol. The largest absolute Gasteiger partial charge is 0.395 e. The molecule has 1 heterocycles. The Kier molecular flexibility index (Phi) is 5.73. The zero-order valence-corrected chi connectivity index (χ0v) is 11.7. The van der Waals surface area contributed by atoms with Gasteiger partial charge in [0.05, 0.1) is 12.2 Å². The Bertz CT molecular complexity index is 556. The van der Waals surface area contributed by atoms with E-state index < -0.39 is 11.9 Å². The minimum Gasteiger partial charge on any atom is -0.395 e. The molecule has 4 nitrogen and oxygen atoms in total. The minimum atomic E-state index is -0.452. The number of halogens is 1. The number of benzene rings is 1. The molecule has 0 bridgehead atoms. The lowest BCUT2D eigenvalue weighted by Gasteiger charge is -2.21. The van der Waals surface area contributed by atoms with E-state index in [1.54, 1.807) is 0 Å². The van der Waals surface area contributed by atoms with E-state index in [9.17, 15) is 9.18 Å². The fourth-order valence-electron chi connectivity index (χ4n) is 2.08. The maximum Gasteiger partial charge on any atom is 0.253 e. The Morgan fingerprint density at radius 1 is 1.48 bits per heavy atom. The summed E-state index contributed by atoms with van der Waals surface area (Å²) in [5.41, 5.74) is 0.690. The van der Waals surface area contributed by atoms with Gasteiger partial charge in [-0.3, -0.25) is 4.79 Å². The van der Waals surface area contributed by atoms with Crippen molar-refractivity contribution in [1.29, 1.82) is 0 Å². The highest BCUT2D eigenvalue weighted by molar-refractivity contribution is 5.94. The zero-order chi connectivity index (χ0) is 15.1. The average molecular weight is 291 g/mol. The lowest BCUT2D eigenvalue weighted by molar-refractivity contribution is -0.129. The summed E-state index contributed by atoms with van der Waals surface area (Å²) in [6.07, 6.45) is 2.50. The number of aliphatic hydroxyl groups is 1. The second kappa shape index (κ2) is 7.77. The third kappa shape index (κ3) is 4.55. The van der Waals surface area contributed by atoms with Crippen LogP contribution in [0.5, 0.6) is 0 Å². The number of amides is 1. The van der Waals surface area contributed by atoms with Crippen LogP contribution >= 0.6 is 0 Å². The van der Waals surface area contributed by atoms with Gasteiger partial charge in [-0.2, -0.15) is 0 Å². The van der Waals surface area contributed by atoms with E-state index in [0.29, 0.717) is 18.7 Å². The van der Waals surface area contributed by atoms with Gasteiger partial charge in [-0.25, -0.2) is 4.39 Å². The first-order valence-corrected chi connectivity index (χ1v) is 7.02. The Hall–Kier alpha value is -1.90. The maximum atomic E-state index is 13.6. The quantitative estimate of drug-likeness (QED) is 0.838. The number of anilines is 1. The number of carbonyl (C=O) groups excluding carboxylic acids is 1. The summed E-state index contributed by atoms with van der Waals surface area (Å²) in [5.74, 6) is 4.63. The SMILES string of the molecule is O=C(Nc1ccc(F)c(C#CCCO)c1)C1CCCCO1. The molecule has 1 aliphatic rings. The first-order chi connectivity index (χ1) is 10.2. The summed E-state index contributed by atoms with van der Waals surface area (Å²) < 4.78 is 19.0. The molecule has 0 spiro atoms. The molecule has 1 unspecified atom stereocenters. The van der Waals surface area contributed by atoms with Crippen molar-refractivity contribution in [1.82, 2.24) is 0 Å². The van der Waals surface area contributed by atoms with Gasteiger partial charge >= 0.3 is 0 Å². The third-order valence-corrected chi connectivity index (χ3v) is 3.17. The van der Waals surface area contributed by atoms with Gasteiger partial charge in [-0.1, -0.05) is 11.8 Å². The van der Waals surface area contributed by atoms with Gasteiger partial charge in [-0.15, -0.1) is 0 Å². The van der Waals surface area contributed by atoms with Crippen LogP contribution in [0.25, 0.3) is 0 Å². The predicted octanol–water partition coefficient (Wildman–Crippen LogP) is 2.07. The van der Waals surface area contributed by atoms with E-state index in [2.05, 4.69) is 17.2 Å². The van der Waals surface area contributed by atoms with Crippen LogP contribution in [-0.4, -0.2) is 30.3 Å². The molecule has 1 atom stereocenters. The molecule has 1 amide bonds. The highest BCUT2D eigenvalue weighted by Crippen LogP contribution is 2.17. The van der Waals surface area contributed by atoms with Gasteiger partial charge in [0.2, 0.25) is 0 Å². The molecule has 2 rings (SSSR count). The van der Waals surface area contributed by atoms with Crippen molar-refractivity contribution in [3.63, 3.8) is 0 Å². The molecule has 0 saturated carbocycles. The van der Waals surface area contributed by atoms with Crippen LogP contribution < -0.4 is 5.32 Å². The van der Waals surface area contributed by atoms with Gasteiger partial charge in [0, 0.05) is 18.7 Å². The van der Waals surface area contributed by atoms with Gasteiger partial charge in [0.1, 0.15) is 11.9 Å². The third-order valence-electron chi connectivity index (χ3n) is 3.17. The fraction of sp³-hybridized carbons (Fsp3) is 0.438. The van der Waals surface area contributed by atoms with Crippen molar-refractivity contribution in [3.05, 3.63) is 29.6 Å². The second-order valence-electron chi connectivity index (χ2n) is 4.81. The van der Waals surface area contributed by atoms with Crippen LogP contribution in [-0.2, 0) is 9.53 Å². The Balaban J connectivity index is 2.04. The molecular formula is C16H18FNO3. The normalized spacial score (nSPS) is 17.7. The smallest absolute Gasteiger partial charge is 0.253 e. The predicted molar refractivity (Wildman–Crippen MR) is 77.2 cm³/mol. The molecule has 5 heteroatoms. The Morgan fingerprint density at radius 2 is 2.33 bits per heavy atom. The number of ether oxygens (including phenoxy) is 1. The van der Waals surface area contributed by atoms with Gasteiger partial charge in [-0.05, 0) is 37.5 Å². The van der Waals surface area contributed by atoms with Crippen LogP contribution in [0.4, 0.5) is 10.1 Å². The highest BCUT2D eigenvalue weighted by atomic mass is 19.1. The van der Waals surface area contributed by atoms with E-state index in [-0.39, 0.29) is 24.5 Å². The summed E-state index contributed by atoms with van der Waals surface area (Å²) in [6.45, 7) is 0.531. The maximum absolute atomic E-state index is 13.6. The molecule has 21 heavy (non-hydrogen) atoms. The van der Waals surface area contributed by atoms with Crippen molar-refractivity contribution >= 4 is 11.6 Å². The van der Waals surface area contributed by atoms with Gasteiger partial charge in [0.15, 0.2) is 0 Å². The molecule has 1 aromatic rings. The molecule has 1 saturated heterocycles. The highest BCUT2D eigenvalue weighted by Gasteiger charge is 2.22. The van der Waals surface area contributed by atoms with Crippen molar-refractivity contribution in [2.75, 3.05) is 18.5 Å². The van der Waals surface area contributed by atoms with Crippen LogP contribution in [0, 0.1) is 17.7 Å². The Labute approximate surface area is 123 Å². The first-order valence-electron chi connectivity index (χ1n) is 7.02. The van der Waals surface area contributed by atoms with E-state index in [1.807, 2.05) is 0 Å². The summed E-state index contributed by atoms with van der Waals surface area (Å²) in [6, 6.07) is 4.24. The van der Waals surface area contributed by atoms with E-state index in [0.717, 1.165) is 12.8 Å². The Morgan fingerprint density at radius 3 is 3.05 bits per heavy atom. The number of aliphatic hydroxyl groups excluding tert-OH is 1. The van der Waals surface area contributed by atoms with Gasteiger partial charge < -0.3 is 15.2 Å². The van der Waals surface area contributed by atoms with E-state index >= 15 is 0 Å². The molecule has 112 valence electrons. The van der Waals surface area contributed by atoms with E-state index in [4.69, 9.17) is 9.84 Å². The average Bonchev–Trinajstić information content (AvgIpc) is 2.51. The van der Waals surface area contributed by atoms with Crippen LogP contribution in [0.1, 0.15) is 31.2 Å². The molecule has 0 aromatic heterocycles. The number of hydrogen-bond acceptors (Lipinski definition) is 3. The van der Waals surface area contributed by atoms with Crippen molar-refractivity contribution in [3.8, 4) is 11.8 Å². The summed E-state index contributed by atoms with van der Waals surface area (Å²) in [7, 11) is 0. The van der Waals surface area contributed by atoms with Crippen molar-refractivity contribution in [2.45, 2.75) is 31.8 Å². The molecule has 1 aliphatic heterocycles. The number of nitrogens with one attached hydrogen (secondary N) is 1. The number of rotatable bonds is 3. The molecule has 1 aromatic carbocycles. The lowest BCUT2D eigenvalue weighted by Crippen LogP contribution is -2.33. The van der Waals surface area contributed by atoms with Crippen molar-refractivity contribution in [2.24, 2.45) is 0 Å². The summed E-state index contributed by atoms with van der Waals surface area (Å²) in [4.78, 5) is 12.0. The van der Waals surface area contributed by atoms with E-state index in [1.165, 1.54) is 18.2 Å². The minimum absolute atomic E-state index is 0.0654. The number of hydrogen-bond donors (Lipinski definition) is 2. The summed E-state index contributed by atoms with van der Waals surface area (Å²) in [5, 5.41) is 11.4. The zero-order valence-electron chi connectivity index (χ0n) is 11.7. The second-order valence-corrected chi connectivity index (χ2v) is 4.81. The summed E-state index contributed by atoms with van der Waals surface area (Å²) >= 11 is 0. The fourth-order valence-corrected chi connectivity index (χ4v) is 2.08.